The van der Waals surface area contributed by atoms with Crippen molar-refractivity contribution >= 4 is 17.3 Å². The predicted octanol–water partition coefficient (Wildman–Crippen LogP) is 1.82. The Balaban J connectivity index is 2.50. The smallest absolute Gasteiger partial charge is 0.335 e. The van der Waals surface area contributed by atoms with Crippen LogP contribution >= 0.6 is 0 Å². The average molecular weight is 207 g/mol. The van der Waals surface area contributed by atoms with Crippen LogP contribution in [0.3, 0.4) is 0 Å². The number of carbonyl (C=O) groups is 1. The summed E-state index contributed by atoms with van der Waals surface area (Å²) in [5.74, 6) is -1.17. The van der Waals surface area contributed by atoms with Gasteiger partial charge in [0.25, 0.3) is 5.69 Å². The lowest BCUT2D eigenvalue weighted by Crippen LogP contribution is -2.06. The van der Waals surface area contributed by atoms with Crippen LogP contribution in [0, 0.1) is 10.1 Å². The van der Waals surface area contributed by atoms with Gasteiger partial charge >= 0.3 is 5.97 Å². The quantitative estimate of drug-likeness (QED) is 0.589. The second-order valence-corrected chi connectivity index (χ2v) is 2.96. The summed E-state index contributed by atoms with van der Waals surface area (Å²) in [7, 11) is 0. The molecule has 0 saturated heterocycles. The summed E-state index contributed by atoms with van der Waals surface area (Å²) in [6.45, 7) is 0. The van der Waals surface area contributed by atoms with Crippen LogP contribution in [0.2, 0.25) is 0 Å². The summed E-state index contributed by atoms with van der Waals surface area (Å²) in [5.41, 5.74) is 0.469. The second kappa shape index (κ2) is 3.12. The van der Waals surface area contributed by atoms with Gasteiger partial charge in [-0.15, -0.1) is 0 Å². The van der Waals surface area contributed by atoms with Crippen LogP contribution in [-0.2, 0) is 4.79 Å². The summed E-state index contributed by atoms with van der Waals surface area (Å²) >= 11 is 0. The van der Waals surface area contributed by atoms with Crippen molar-refractivity contribution in [1.82, 2.24) is 0 Å². The molecule has 1 aromatic carbocycles. The highest BCUT2D eigenvalue weighted by atomic mass is 16.6. The zero-order valence-corrected chi connectivity index (χ0v) is 7.32. The molecule has 7 nitrogen and oxygen atoms in total. The number of nitro benzene ring substituents is 1. The molecule has 0 unspecified atom stereocenters. The lowest BCUT2D eigenvalue weighted by Gasteiger charge is -2.01. The molecular weight excluding hydrogens is 202 g/mol. The van der Waals surface area contributed by atoms with Crippen molar-refractivity contribution in [2.24, 2.45) is 10.2 Å². The van der Waals surface area contributed by atoms with E-state index in [-0.39, 0.29) is 11.3 Å². The van der Waals surface area contributed by atoms with Gasteiger partial charge in [-0.25, -0.2) is 4.79 Å². The van der Waals surface area contributed by atoms with E-state index in [9.17, 15) is 14.9 Å². The summed E-state index contributed by atoms with van der Waals surface area (Å²) < 4.78 is 0. The number of hydrogen-bond acceptors (Lipinski definition) is 5. The van der Waals surface area contributed by atoms with E-state index < -0.39 is 16.9 Å². The first-order chi connectivity index (χ1) is 7.09. The normalized spacial score (nSPS) is 17.5. The van der Waals surface area contributed by atoms with Crippen molar-refractivity contribution in [2.45, 2.75) is 6.04 Å². The molecule has 1 aromatic rings. The number of fused-ring (bicyclic) bond motifs is 1. The molecule has 1 aliphatic heterocycles. The molecule has 0 amide bonds. The molecule has 0 spiro atoms. The van der Waals surface area contributed by atoms with Gasteiger partial charge in [-0.3, -0.25) is 10.1 Å². The minimum atomic E-state index is -1.17. The van der Waals surface area contributed by atoms with Crippen molar-refractivity contribution in [3.63, 3.8) is 0 Å². The van der Waals surface area contributed by atoms with Crippen LogP contribution in [0.15, 0.2) is 28.4 Å². The van der Waals surface area contributed by atoms with Gasteiger partial charge in [0.2, 0.25) is 0 Å². The minimum Gasteiger partial charge on any atom is -0.479 e. The van der Waals surface area contributed by atoms with Gasteiger partial charge in [-0.2, -0.15) is 10.2 Å². The Labute approximate surface area is 83.2 Å². The fourth-order valence-electron chi connectivity index (χ4n) is 1.33. The molecule has 1 heterocycles. The van der Waals surface area contributed by atoms with E-state index in [0.717, 1.165) is 0 Å². The molecular formula is C8H5N3O4. The lowest BCUT2D eigenvalue weighted by atomic mass is 10.1. The van der Waals surface area contributed by atoms with Crippen LogP contribution in [0.1, 0.15) is 11.6 Å². The van der Waals surface area contributed by atoms with E-state index >= 15 is 0 Å². The van der Waals surface area contributed by atoms with Crippen molar-refractivity contribution in [3.05, 3.63) is 33.9 Å². The first-order valence-electron chi connectivity index (χ1n) is 4.01. The van der Waals surface area contributed by atoms with Crippen LogP contribution in [0.4, 0.5) is 11.4 Å². The summed E-state index contributed by atoms with van der Waals surface area (Å²) in [4.78, 5) is 20.6. The maximum Gasteiger partial charge on any atom is 0.335 e. The van der Waals surface area contributed by atoms with Gasteiger partial charge in [0.15, 0.2) is 6.04 Å². The first kappa shape index (κ1) is 9.25. The van der Waals surface area contributed by atoms with Gasteiger partial charge < -0.3 is 5.11 Å². The number of hydrogen-bond donors (Lipinski definition) is 1. The average Bonchev–Trinajstić information content (AvgIpc) is 2.59. The van der Waals surface area contributed by atoms with Crippen LogP contribution in [0.5, 0.6) is 0 Å². The topological polar surface area (TPSA) is 105 Å². The van der Waals surface area contributed by atoms with Crippen LogP contribution < -0.4 is 0 Å². The second-order valence-electron chi connectivity index (χ2n) is 2.96. The fraction of sp³-hybridized carbons (Fsp3) is 0.125. The third kappa shape index (κ3) is 1.43. The molecule has 0 radical (unpaired) electrons. The van der Waals surface area contributed by atoms with Crippen molar-refractivity contribution in [3.8, 4) is 0 Å². The monoisotopic (exact) mass is 207 g/mol. The molecule has 1 aliphatic rings. The number of benzene rings is 1. The molecule has 0 saturated carbocycles. The third-order valence-corrected chi connectivity index (χ3v) is 2.03. The Bertz CT molecular complexity index is 483. The van der Waals surface area contributed by atoms with Gasteiger partial charge in [0.1, 0.15) is 0 Å². The zero-order chi connectivity index (χ0) is 11.0. The van der Waals surface area contributed by atoms with Crippen molar-refractivity contribution in [2.75, 3.05) is 0 Å². The largest absolute Gasteiger partial charge is 0.479 e. The summed E-state index contributed by atoms with van der Waals surface area (Å²) in [6.07, 6.45) is 0. The number of non-ortho nitro benzene ring substituents is 1. The molecule has 7 heteroatoms. The van der Waals surface area contributed by atoms with Crippen molar-refractivity contribution in [1.29, 1.82) is 0 Å². The number of carboxylic acids is 1. The number of azo groups is 1. The SMILES string of the molecule is O=C(O)[C@@H]1N=Nc2ccc([N+](=O)[O-])cc21. The Morgan fingerprint density at radius 3 is 2.87 bits per heavy atom. The van der Waals surface area contributed by atoms with E-state index in [4.69, 9.17) is 5.11 Å². The maximum atomic E-state index is 10.7. The molecule has 0 bridgehead atoms. The highest BCUT2D eigenvalue weighted by Crippen LogP contribution is 2.37. The van der Waals surface area contributed by atoms with Crippen LogP contribution in [-0.4, -0.2) is 16.0 Å². The van der Waals surface area contributed by atoms with E-state index in [2.05, 4.69) is 10.2 Å². The molecule has 0 aliphatic carbocycles. The Hall–Kier alpha value is -2.31. The van der Waals surface area contributed by atoms with Gasteiger partial charge in [-0.1, -0.05) is 0 Å². The molecule has 0 aromatic heterocycles. The zero-order valence-electron chi connectivity index (χ0n) is 7.32. The minimum absolute atomic E-state index is 0.160. The molecule has 15 heavy (non-hydrogen) atoms. The van der Waals surface area contributed by atoms with Gasteiger partial charge in [0, 0.05) is 17.7 Å². The lowest BCUT2D eigenvalue weighted by molar-refractivity contribution is -0.384. The molecule has 1 atom stereocenters. The molecule has 2 rings (SSSR count). The predicted molar refractivity (Wildman–Crippen MR) is 48.0 cm³/mol. The van der Waals surface area contributed by atoms with E-state index in [1.165, 1.54) is 18.2 Å². The summed E-state index contributed by atoms with van der Waals surface area (Å²) in [5, 5.41) is 26.4. The van der Waals surface area contributed by atoms with E-state index in [1.807, 2.05) is 0 Å². The number of nitrogens with zero attached hydrogens (tertiary/aromatic N) is 3. The summed E-state index contributed by atoms with van der Waals surface area (Å²) in [6, 6.07) is 2.72. The number of carboxylic acid groups (broad SMARTS) is 1. The Kier molecular flexibility index (Phi) is 1.93. The standard InChI is InChI=1S/C8H5N3O4/c12-8(13)7-5-3-4(11(14)15)1-2-6(5)9-10-7/h1-3,7H,(H,12,13)/t7-/m1/s1. The molecule has 1 N–H and O–H groups in total. The first-order valence-corrected chi connectivity index (χ1v) is 4.01. The number of rotatable bonds is 2. The Morgan fingerprint density at radius 1 is 1.53 bits per heavy atom. The highest BCUT2D eigenvalue weighted by molar-refractivity contribution is 5.79. The Morgan fingerprint density at radius 2 is 2.27 bits per heavy atom. The number of nitro groups is 1. The van der Waals surface area contributed by atoms with E-state index in [0.29, 0.717) is 5.69 Å². The number of aliphatic carboxylic acids is 1. The fourth-order valence-corrected chi connectivity index (χ4v) is 1.33. The molecule has 0 fully saturated rings. The maximum absolute atomic E-state index is 10.7. The highest BCUT2D eigenvalue weighted by Gasteiger charge is 2.28. The van der Waals surface area contributed by atoms with Crippen LogP contribution in [0.25, 0.3) is 0 Å². The van der Waals surface area contributed by atoms with E-state index in [1.54, 1.807) is 0 Å². The molecule has 76 valence electrons. The van der Waals surface area contributed by atoms with Crippen molar-refractivity contribution < 1.29 is 14.8 Å². The van der Waals surface area contributed by atoms with Gasteiger partial charge in [-0.05, 0) is 6.07 Å². The van der Waals surface area contributed by atoms with Gasteiger partial charge in [0.05, 0.1) is 10.6 Å². The third-order valence-electron chi connectivity index (χ3n) is 2.03.